The van der Waals surface area contributed by atoms with Crippen molar-refractivity contribution in [3.05, 3.63) is 0 Å². The van der Waals surface area contributed by atoms with E-state index in [0.29, 0.717) is 0 Å². The fourth-order valence-electron chi connectivity index (χ4n) is 0.838. The van der Waals surface area contributed by atoms with Crippen molar-refractivity contribution in [3.8, 4) is 0 Å². The Hall–Kier alpha value is -0.370. The van der Waals surface area contributed by atoms with Crippen molar-refractivity contribution in [1.82, 2.24) is 0 Å². The zero-order chi connectivity index (χ0) is 7.66. The zero-order valence-corrected chi connectivity index (χ0v) is 6.81. The van der Waals surface area contributed by atoms with Crippen molar-refractivity contribution >= 4 is 6.29 Å². The number of rotatable bonds is 7. The Morgan fingerprint density at radius 3 is 2.60 bits per heavy atom. The van der Waals surface area contributed by atoms with Crippen LogP contribution in [0.4, 0.5) is 0 Å². The monoisotopic (exact) mass is 144 g/mol. The molecule has 2 nitrogen and oxygen atoms in total. The first-order chi connectivity index (χ1) is 4.91. The lowest BCUT2D eigenvalue weighted by atomic mass is 10.3. The van der Waals surface area contributed by atoms with Gasteiger partial charge in [0.25, 0.3) is 0 Å². The maximum Gasteiger partial charge on any atom is 0.120 e. The number of nitrogens with two attached hydrogens (primary N) is 1. The van der Waals surface area contributed by atoms with Gasteiger partial charge in [-0.05, 0) is 6.42 Å². The molecule has 60 valence electrons. The van der Waals surface area contributed by atoms with Gasteiger partial charge in [0.15, 0.2) is 0 Å². The molecule has 0 heterocycles. The van der Waals surface area contributed by atoms with Crippen molar-refractivity contribution in [1.29, 1.82) is 0 Å². The van der Waals surface area contributed by atoms with Crippen LogP contribution in [0.25, 0.3) is 0 Å². The van der Waals surface area contributed by atoms with Crippen LogP contribution in [-0.2, 0) is 4.79 Å². The van der Waals surface area contributed by atoms with E-state index in [1.165, 1.54) is 19.4 Å². The molecule has 2 N–H and O–H groups in total. The Labute approximate surface area is 63.0 Å². The van der Waals surface area contributed by atoms with Crippen LogP contribution in [0.5, 0.6) is 0 Å². The lowest BCUT2D eigenvalue weighted by Crippen LogP contribution is -2.84. The minimum absolute atomic E-state index is 0.725. The first-order valence-electron chi connectivity index (χ1n) is 4.17. The van der Waals surface area contributed by atoms with E-state index < -0.39 is 0 Å². The predicted octanol–water partition coefficient (Wildman–Crippen LogP) is 0.329. The Morgan fingerprint density at radius 1 is 1.30 bits per heavy atom. The highest BCUT2D eigenvalue weighted by atomic mass is 16.1. The molecule has 0 rings (SSSR count). The molecule has 0 unspecified atom stereocenters. The second-order valence-electron chi connectivity index (χ2n) is 2.53. The minimum atomic E-state index is 0.725. The topological polar surface area (TPSA) is 33.7 Å². The molecular weight excluding hydrogens is 126 g/mol. The lowest BCUT2D eigenvalue weighted by Gasteiger charge is -1.96. The highest BCUT2D eigenvalue weighted by Crippen LogP contribution is 1.79. The molecule has 0 amide bonds. The van der Waals surface area contributed by atoms with E-state index in [1.807, 2.05) is 0 Å². The molecule has 0 bridgehead atoms. The van der Waals surface area contributed by atoms with Gasteiger partial charge in [-0.3, -0.25) is 0 Å². The highest BCUT2D eigenvalue weighted by molar-refractivity contribution is 5.48. The van der Waals surface area contributed by atoms with E-state index in [0.717, 1.165) is 25.7 Å². The van der Waals surface area contributed by atoms with E-state index in [1.54, 1.807) is 0 Å². The Bertz CT molecular complexity index is 73.7. The van der Waals surface area contributed by atoms with Gasteiger partial charge in [-0.1, -0.05) is 13.3 Å². The highest BCUT2D eigenvalue weighted by Gasteiger charge is 1.88. The van der Waals surface area contributed by atoms with E-state index in [9.17, 15) is 4.79 Å². The predicted molar refractivity (Wildman–Crippen MR) is 41.9 cm³/mol. The number of hydrogen-bond donors (Lipinski definition) is 1. The van der Waals surface area contributed by atoms with Crippen LogP contribution in [0, 0.1) is 0 Å². The maximum absolute atomic E-state index is 9.88. The molecule has 2 heteroatoms. The molecule has 10 heavy (non-hydrogen) atoms. The molecule has 0 aromatic heterocycles. The van der Waals surface area contributed by atoms with Crippen molar-refractivity contribution in [2.75, 3.05) is 13.1 Å². The smallest absolute Gasteiger partial charge is 0.120 e. The van der Waals surface area contributed by atoms with Gasteiger partial charge in [-0.25, -0.2) is 0 Å². The van der Waals surface area contributed by atoms with Crippen molar-refractivity contribution in [2.45, 2.75) is 32.6 Å². The molecule has 0 aliphatic rings. The standard InChI is InChI=1S/C8H17NO/c1-2-3-6-9-7-4-5-8-10/h8-9H,2-7H2,1H3/p+1. The molecule has 0 fully saturated rings. The fourth-order valence-corrected chi connectivity index (χ4v) is 0.838. The number of aldehydes is 1. The minimum Gasteiger partial charge on any atom is -0.346 e. The van der Waals surface area contributed by atoms with Gasteiger partial charge in [0.1, 0.15) is 6.29 Å². The third-order valence-electron chi connectivity index (χ3n) is 1.49. The first-order valence-corrected chi connectivity index (χ1v) is 4.17. The third kappa shape index (κ3) is 7.63. The summed E-state index contributed by atoms with van der Waals surface area (Å²) in [5, 5.41) is 2.28. The van der Waals surface area contributed by atoms with E-state index in [-0.39, 0.29) is 0 Å². The molecule has 0 spiro atoms. The average molecular weight is 144 g/mol. The third-order valence-corrected chi connectivity index (χ3v) is 1.49. The molecule has 0 atom stereocenters. The number of unbranched alkanes of at least 4 members (excludes halogenated alkanes) is 2. The van der Waals surface area contributed by atoms with Crippen LogP contribution < -0.4 is 5.32 Å². The van der Waals surface area contributed by atoms with Gasteiger partial charge >= 0.3 is 0 Å². The summed E-state index contributed by atoms with van der Waals surface area (Å²) in [4.78, 5) is 9.88. The van der Waals surface area contributed by atoms with E-state index >= 15 is 0 Å². The number of hydrogen-bond acceptors (Lipinski definition) is 1. The summed E-state index contributed by atoms with van der Waals surface area (Å²) in [6.45, 7) is 4.52. The summed E-state index contributed by atoms with van der Waals surface area (Å²) in [6.07, 6.45) is 5.31. The zero-order valence-electron chi connectivity index (χ0n) is 6.81. The molecule has 0 saturated heterocycles. The van der Waals surface area contributed by atoms with Crippen LogP contribution in [0.15, 0.2) is 0 Å². The molecule has 0 aromatic rings. The van der Waals surface area contributed by atoms with Crippen LogP contribution in [0.3, 0.4) is 0 Å². The van der Waals surface area contributed by atoms with Gasteiger partial charge in [0, 0.05) is 12.8 Å². The van der Waals surface area contributed by atoms with Crippen molar-refractivity contribution in [3.63, 3.8) is 0 Å². The molecular formula is C8H18NO+. The van der Waals surface area contributed by atoms with Crippen molar-refractivity contribution in [2.24, 2.45) is 0 Å². The molecule has 0 radical (unpaired) electrons. The Morgan fingerprint density at radius 2 is 2.00 bits per heavy atom. The van der Waals surface area contributed by atoms with Gasteiger partial charge in [-0.15, -0.1) is 0 Å². The summed E-state index contributed by atoms with van der Waals surface area (Å²) < 4.78 is 0. The molecule has 0 aliphatic heterocycles. The van der Waals surface area contributed by atoms with E-state index in [2.05, 4.69) is 12.2 Å². The van der Waals surface area contributed by atoms with Crippen molar-refractivity contribution < 1.29 is 10.1 Å². The molecule has 0 aromatic carbocycles. The van der Waals surface area contributed by atoms with Crippen LogP contribution in [0.1, 0.15) is 32.6 Å². The first kappa shape index (κ1) is 9.63. The number of quaternary nitrogens is 1. The summed E-state index contributed by atoms with van der Waals surface area (Å²) in [5.74, 6) is 0. The second kappa shape index (κ2) is 8.63. The van der Waals surface area contributed by atoms with Gasteiger partial charge in [-0.2, -0.15) is 0 Å². The summed E-state index contributed by atoms with van der Waals surface area (Å²) in [7, 11) is 0. The molecule has 0 aliphatic carbocycles. The fraction of sp³-hybridized carbons (Fsp3) is 0.875. The lowest BCUT2D eigenvalue weighted by molar-refractivity contribution is -0.655. The summed E-state index contributed by atoms with van der Waals surface area (Å²) >= 11 is 0. The normalized spacial score (nSPS) is 9.70. The van der Waals surface area contributed by atoms with Crippen LogP contribution in [0.2, 0.25) is 0 Å². The number of carbonyl (C=O) groups excluding carboxylic acids is 1. The second-order valence-corrected chi connectivity index (χ2v) is 2.53. The maximum atomic E-state index is 9.88. The Balaban J connectivity index is 2.70. The Kier molecular flexibility index (Phi) is 8.31. The number of carbonyl (C=O) groups is 1. The average Bonchev–Trinajstić information content (AvgIpc) is 1.97. The summed E-state index contributed by atoms with van der Waals surface area (Å²) in [5.41, 5.74) is 0. The largest absolute Gasteiger partial charge is 0.346 e. The van der Waals surface area contributed by atoms with Gasteiger partial charge < -0.3 is 10.1 Å². The van der Waals surface area contributed by atoms with Crippen LogP contribution in [-0.4, -0.2) is 19.4 Å². The molecule has 0 saturated carbocycles. The van der Waals surface area contributed by atoms with Crippen LogP contribution >= 0.6 is 0 Å². The van der Waals surface area contributed by atoms with E-state index in [4.69, 9.17) is 0 Å². The SMILES string of the molecule is CCCC[NH2+]CCCC=O. The summed E-state index contributed by atoms with van der Waals surface area (Å²) in [6, 6.07) is 0. The van der Waals surface area contributed by atoms with Gasteiger partial charge in [0.2, 0.25) is 0 Å². The van der Waals surface area contributed by atoms with Gasteiger partial charge in [0.05, 0.1) is 13.1 Å². The quantitative estimate of drug-likeness (QED) is 0.405.